The van der Waals surface area contributed by atoms with E-state index >= 15 is 0 Å². The van der Waals surface area contributed by atoms with Crippen LogP contribution in [0.15, 0.2) is 23.4 Å². The number of carbonyl (C=O) groups is 1. The molecule has 0 bridgehead atoms. The van der Waals surface area contributed by atoms with Gasteiger partial charge in [0.1, 0.15) is 0 Å². The molecule has 1 atom stereocenters. The Morgan fingerprint density at radius 1 is 1.25 bits per heavy atom. The van der Waals surface area contributed by atoms with Gasteiger partial charge in [-0.1, -0.05) is 23.2 Å². The highest BCUT2D eigenvalue weighted by Crippen LogP contribution is 2.39. The Kier molecular flexibility index (Phi) is 3.47. The predicted octanol–water partition coefficient (Wildman–Crippen LogP) is 3.04. The van der Waals surface area contributed by atoms with Crippen molar-refractivity contribution in [2.45, 2.75) is 12.0 Å². The van der Waals surface area contributed by atoms with Crippen LogP contribution in [-0.2, 0) is 14.4 Å². The number of nitrogens with zero attached hydrogens (tertiary/aromatic N) is 1. The Hall–Kier alpha value is -1.67. The van der Waals surface area contributed by atoms with Crippen molar-refractivity contribution in [3.05, 3.63) is 33.8 Å². The van der Waals surface area contributed by atoms with Crippen LogP contribution in [0.3, 0.4) is 0 Å². The first-order valence-electron chi connectivity index (χ1n) is 4.87. The maximum absolute atomic E-state index is 12.8. The normalized spacial score (nSPS) is 21.9. The van der Waals surface area contributed by atoms with Crippen LogP contribution in [0.2, 0.25) is 10.0 Å². The van der Waals surface area contributed by atoms with E-state index in [1.165, 1.54) is 18.2 Å². The zero-order valence-electron chi connectivity index (χ0n) is 9.24. The Bertz CT molecular complexity index is 584. The molecule has 0 saturated carbocycles. The second-order valence-corrected chi connectivity index (χ2v) is 4.54. The molecular weight excluding hydrogens is 326 g/mol. The largest absolute Gasteiger partial charge is 0.482 e. The Balaban J connectivity index is 2.38. The number of hydrogen-bond donors (Lipinski definition) is 1. The van der Waals surface area contributed by atoms with E-state index in [1.807, 2.05) is 0 Å². The number of halogens is 5. The van der Waals surface area contributed by atoms with E-state index in [4.69, 9.17) is 28.3 Å². The molecule has 0 saturated heterocycles. The number of ether oxygens (including phenoxy) is 1. The summed E-state index contributed by atoms with van der Waals surface area (Å²) in [5.74, 6) is -6.94. The Morgan fingerprint density at radius 3 is 2.20 bits per heavy atom. The van der Waals surface area contributed by atoms with Crippen LogP contribution in [0, 0.1) is 0 Å². The van der Waals surface area contributed by atoms with Crippen molar-refractivity contribution in [2.24, 2.45) is 5.16 Å². The highest BCUT2D eigenvalue weighted by molar-refractivity contribution is 6.35. The lowest BCUT2D eigenvalue weighted by atomic mass is 10.2. The number of oxime groups is 1. The second-order valence-electron chi connectivity index (χ2n) is 3.67. The maximum atomic E-state index is 12.8. The van der Waals surface area contributed by atoms with Crippen molar-refractivity contribution in [2.75, 3.05) is 0 Å². The summed E-state index contributed by atoms with van der Waals surface area (Å²) in [6.45, 7) is 0. The molecule has 0 radical (unpaired) electrons. The summed E-state index contributed by atoms with van der Waals surface area (Å²) >= 11 is 11.4. The molecule has 20 heavy (non-hydrogen) atoms. The van der Waals surface area contributed by atoms with Gasteiger partial charge in [-0.25, -0.2) is 4.79 Å². The molecule has 108 valence electrons. The van der Waals surface area contributed by atoms with Crippen molar-refractivity contribution in [1.29, 1.82) is 0 Å². The Morgan fingerprint density at radius 2 is 1.80 bits per heavy atom. The van der Waals surface area contributed by atoms with Gasteiger partial charge in [0.05, 0.1) is 0 Å². The Labute approximate surface area is 119 Å². The molecule has 10 heteroatoms. The first kappa shape index (κ1) is 14.7. The van der Waals surface area contributed by atoms with E-state index in [1.54, 1.807) is 0 Å². The van der Waals surface area contributed by atoms with Crippen molar-refractivity contribution in [1.82, 2.24) is 0 Å². The molecule has 1 aliphatic rings. The van der Waals surface area contributed by atoms with E-state index in [-0.39, 0.29) is 15.6 Å². The lowest BCUT2D eigenvalue weighted by molar-refractivity contribution is -0.331. The van der Waals surface area contributed by atoms with Crippen LogP contribution in [0.4, 0.5) is 13.2 Å². The van der Waals surface area contributed by atoms with Gasteiger partial charge in [0.25, 0.3) is 5.90 Å². The third kappa shape index (κ3) is 2.36. The molecule has 1 N–H and O–H groups in total. The van der Waals surface area contributed by atoms with E-state index in [0.29, 0.717) is 0 Å². The molecule has 1 heterocycles. The number of rotatable bonds is 2. The van der Waals surface area contributed by atoms with Gasteiger partial charge in [0, 0.05) is 15.6 Å². The molecule has 0 amide bonds. The number of carboxylic acids is 1. The van der Waals surface area contributed by atoms with Gasteiger partial charge in [-0.15, -0.1) is 0 Å². The fraction of sp³-hybridized carbons (Fsp3) is 0.200. The summed E-state index contributed by atoms with van der Waals surface area (Å²) in [4.78, 5) is 14.8. The van der Waals surface area contributed by atoms with Gasteiger partial charge in [-0.05, 0) is 23.4 Å². The number of aliphatic carboxylic acids is 1. The minimum atomic E-state index is -5.33. The lowest BCUT2D eigenvalue weighted by Crippen LogP contribution is -2.54. The van der Waals surface area contributed by atoms with Crippen LogP contribution in [0.1, 0.15) is 5.56 Å². The topological polar surface area (TPSA) is 68.1 Å². The van der Waals surface area contributed by atoms with Crippen LogP contribution < -0.4 is 0 Å². The van der Waals surface area contributed by atoms with Crippen LogP contribution in [-0.4, -0.2) is 28.9 Å². The van der Waals surface area contributed by atoms with Crippen molar-refractivity contribution >= 4 is 35.1 Å². The van der Waals surface area contributed by atoms with E-state index in [9.17, 15) is 18.0 Å². The first-order chi connectivity index (χ1) is 9.15. The molecule has 1 aromatic carbocycles. The molecule has 1 aliphatic heterocycles. The summed E-state index contributed by atoms with van der Waals surface area (Å²) in [7, 11) is 0. The highest BCUT2D eigenvalue weighted by Gasteiger charge is 2.71. The molecule has 5 nitrogen and oxygen atoms in total. The van der Waals surface area contributed by atoms with Crippen molar-refractivity contribution in [3.8, 4) is 0 Å². The number of benzene rings is 1. The average Bonchev–Trinajstić information content (AvgIpc) is 2.72. The van der Waals surface area contributed by atoms with Gasteiger partial charge < -0.3 is 14.7 Å². The predicted molar refractivity (Wildman–Crippen MR) is 61.6 cm³/mol. The molecule has 0 aliphatic carbocycles. The van der Waals surface area contributed by atoms with Gasteiger partial charge in [-0.2, -0.15) is 13.2 Å². The average molecular weight is 330 g/mol. The first-order valence-corrected chi connectivity index (χ1v) is 5.63. The van der Waals surface area contributed by atoms with Crippen molar-refractivity contribution in [3.63, 3.8) is 0 Å². The van der Waals surface area contributed by atoms with Crippen LogP contribution in [0.5, 0.6) is 0 Å². The number of carboxylic acid groups (broad SMARTS) is 1. The zero-order valence-corrected chi connectivity index (χ0v) is 10.8. The van der Waals surface area contributed by atoms with Gasteiger partial charge in [-0.3, -0.25) is 0 Å². The molecule has 0 aromatic heterocycles. The summed E-state index contributed by atoms with van der Waals surface area (Å²) in [5.41, 5.74) is -0.0464. The monoisotopic (exact) mass is 329 g/mol. The molecule has 0 fully saturated rings. The smallest absolute Gasteiger partial charge is 0.475 e. The van der Waals surface area contributed by atoms with Gasteiger partial charge in [0.2, 0.25) is 0 Å². The molecule has 0 spiro atoms. The maximum Gasteiger partial charge on any atom is 0.482 e. The quantitative estimate of drug-likeness (QED) is 0.905. The highest BCUT2D eigenvalue weighted by atomic mass is 35.5. The van der Waals surface area contributed by atoms with E-state index in [0.717, 1.165) is 0 Å². The minimum Gasteiger partial charge on any atom is -0.475 e. The standard InChI is InChI=1S/C10H4Cl2F3NO4/c11-5-1-4(2-6(12)3-5)7-16-20-9(19-7,8(17)18)10(13,14)15/h1-3H,(H,17,18). The van der Waals surface area contributed by atoms with E-state index in [2.05, 4.69) is 14.7 Å². The summed E-state index contributed by atoms with van der Waals surface area (Å²) in [6.07, 6.45) is -5.33. The fourth-order valence-electron chi connectivity index (χ4n) is 1.38. The van der Waals surface area contributed by atoms with Gasteiger partial charge in [0.15, 0.2) is 0 Å². The van der Waals surface area contributed by atoms with Gasteiger partial charge >= 0.3 is 17.9 Å². The summed E-state index contributed by atoms with van der Waals surface area (Å²) in [6, 6.07) is 3.73. The zero-order chi connectivity index (χ0) is 15.1. The van der Waals surface area contributed by atoms with Crippen LogP contribution in [0.25, 0.3) is 0 Å². The second kappa shape index (κ2) is 4.71. The molecule has 1 unspecified atom stereocenters. The minimum absolute atomic E-state index is 0.0464. The molecule has 2 rings (SSSR count). The summed E-state index contributed by atoms with van der Waals surface area (Å²) in [5, 5.41) is 11.9. The third-order valence-corrected chi connectivity index (χ3v) is 2.70. The fourth-order valence-corrected chi connectivity index (χ4v) is 1.91. The van der Waals surface area contributed by atoms with Crippen molar-refractivity contribution < 1.29 is 32.6 Å². The summed E-state index contributed by atoms with van der Waals surface area (Å²) < 4.78 is 42.6. The lowest BCUT2D eigenvalue weighted by Gasteiger charge is -2.23. The molecule has 1 aromatic rings. The van der Waals surface area contributed by atoms with Crippen LogP contribution >= 0.6 is 23.2 Å². The SMILES string of the molecule is O=C(O)C1(C(F)(F)F)ON=C(c2cc(Cl)cc(Cl)c2)O1. The number of alkyl halides is 3. The van der Waals surface area contributed by atoms with E-state index < -0.39 is 23.8 Å². The molecular formula is C10H4Cl2F3NO4. The number of hydrogen-bond acceptors (Lipinski definition) is 4. The third-order valence-electron chi connectivity index (χ3n) is 2.26.